The molecule has 0 aliphatic rings. The van der Waals surface area contributed by atoms with Crippen molar-refractivity contribution in [2.24, 2.45) is 11.3 Å². The van der Waals surface area contributed by atoms with Gasteiger partial charge in [-0.15, -0.1) is 0 Å². The molecule has 3 heteroatoms. The van der Waals surface area contributed by atoms with Crippen LogP contribution in [-0.2, 0) is 0 Å². The first-order valence-corrected chi connectivity index (χ1v) is 6.78. The van der Waals surface area contributed by atoms with E-state index in [1.807, 2.05) is 6.92 Å². The van der Waals surface area contributed by atoms with Gasteiger partial charge in [0, 0.05) is 11.3 Å². The topological polar surface area (TPSA) is 0 Å². The molecule has 86 valence electrons. The number of rotatable bonds is 6. The Balaban J connectivity index is 4.65. The third-order valence-corrected chi connectivity index (χ3v) is 3.94. The van der Waals surface area contributed by atoms with E-state index in [0.717, 1.165) is 10.8 Å². The van der Waals surface area contributed by atoms with E-state index in [2.05, 4.69) is 22.6 Å². The van der Waals surface area contributed by atoms with Crippen LogP contribution in [0.15, 0.2) is 0 Å². The summed E-state index contributed by atoms with van der Waals surface area (Å²) in [7, 11) is 0. The Hall–Kier alpha value is 0.590. The lowest BCUT2D eigenvalue weighted by molar-refractivity contribution is -0.153. The zero-order valence-corrected chi connectivity index (χ0v) is 11.7. The highest BCUT2D eigenvalue weighted by Gasteiger charge is 2.50. The lowest BCUT2D eigenvalue weighted by Gasteiger charge is -2.39. The fraction of sp³-hybridized carbons (Fsp3) is 1.00. The molecule has 1 atom stereocenters. The Morgan fingerprint density at radius 3 is 2.07 bits per heavy atom. The van der Waals surface area contributed by atoms with E-state index >= 15 is 0 Å². The molecule has 0 saturated carbocycles. The summed E-state index contributed by atoms with van der Waals surface area (Å²) in [5, 5.41) is 0. The molecule has 0 bridgehead atoms. The van der Waals surface area contributed by atoms with Crippen molar-refractivity contribution in [2.45, 2.75) is 52.9 Å². The van der Waals surface area contributed by atoms with Crippen molar-refractivity contribution in [3.05, 3.63) is 0 Å². The first-order valence-electron chi connectivity index (χ1n) is 5.25. The molecule has 0 fully saturated rings. The minimum Gasteiger partial charge on any atom is -0.206 e. The van der Waals surface area contributed by atoms with E-state index in [-0.39, 0.29) is 0 Å². The smallest absolute Gasteiger partial charge is 0.206 e. The van der Waals surface area contributed by atoms with E-state index in [9.17, 15) is 8.78 Å². The highest BCUT2D eigenvalue weighted by molar-refractivity contribution is 14.1. The molecule has 1 unspecified atom stereocenters. The molecule has 0 radical (unpaired) electrons. The van der Waals surface area contributed by atoms with E-state index in [0.29, 0.717) is 12.8 Å². The van der Waals surface area contributed by atoms with Gasteiger partial charge in [-0.3, -0.25) is 0 Å². The predicted octanol–water partition coefficient (Wildman–Crippen LogP) is 4.91. The van der Waals surface area contributed by atoms with Crippen LogP contribution in [0.5, 0.6) is 0 Å². The summed E-state index contributed by atoms with van der Waals surface area (Å²) in [5.41, 5.74) is -0.827. The van der Waals surface area contributed by atoms with Crippen LogP contribution >= 0.6 is 22.6 Å². The largest absolute Gasteiger partial charge is 0.255 e. The molecule has 0 amide bonds. The summed E-state index contributed by atoms with van der Waals surface area (Å²) in [5.74, 6) is -3.12. The van der Waals surface area contributed by atoms with Crippen molar-refractivity contribution in [1.29, 1.82) is 0 Å². The third-order valence-electron chi connectivity index (χ3n) is 3.17. The summed E-state index contributed by atoms with van der Waals surface area (Å²) in [4.78, 5) is 0. The molecule has 14 heavy (non-hydrogen) atoms. The van der Waals surface area contributed by atoms with E-state index in [4.69, 9.17) is 0 Å². The van der Waals surface area contributed by atoms with Crippen LogP contribution in [-0.4, -0.2) is 10.4 Å². The normalized spacial score (nSPS) is 17.1. The molecular weight excluding hydrogens is 297 g/mol. The van der Waals surface area contributed by atoms with Gasteiger partial charge in [0.05, 0.1) is 0 Å². The van der Waals surface area contributed by atoms with Crippen molar-refractivity contribution in [1.82, 2.24) is 0 Å². The van der Waals surface area contributed by atoms with E-state index in [1.54, 1.807) is 20.8 Å². The molecule has 0 aromatic rings. The second-order valence-electron chi connectivity index (χ2n) is 4.48. The van der Waals surface area contributed by atoms with Crippen molar-refractivity contribution >= 4 is 22.6 Å². The Bertz CT molecular complexity index is 169. The van der Waals surface area contributed by atoms with Gasteiger partial charge < -0.3 is 0 Å². The van der Waals surface area contributed by atoms with Crippen LogP contribution in [0.2, 0.25) is 0 Å². The molecule has 0 heterocycles. The SMILES string of the molecule is CCC(C)(CCCI)C(F)(F)C(C)C. The maximum Gasteiger partial charge on any atom is 0.255 e. The second kappa shape index (κ2) is 5.61. The molecule has 0 rings (SSSR count). The molecule has 0 spiro atoms. The van der Waals surface area contributed by atoms with Crippen molar-refractivity contribution in [3.63, 3.8) is 0 Å². The van der Waals surface area contributed by atoms with Gasteiger partial charge in [0.2, 0.25) is 0 Å². The molecule has 0 aliphatic carbocycles. The van der Waals surface area contributed by atoms with Gasteiger partial charge >= 0.3 is 0 Å². The standard InChI is InChI=1S/C11H21F2I/c1-5-10(4,7-6-8-14)11(12,13)9(2)3/h9H,5-8H2,1-4H3. The summed E-state index contributed by atoms with van der Waals surface area (Å²) < 4.78 is 28.8. The lowest BCUT2D eigenvalue weighted by atomic mass is 9.73. The van der Waals surface area contributed by atoms with Crippen molar-refractivity contribution in [3.8, 4) is 0 Å². The van der Waals surface area contributed by atoms with Crippen LogP contribution in [0.3, 0.4) is 0 Å². The average Bonchev–Trinajstić information content (AvgIpc) is 2.13. The van der Waals surface area contributed by atoms with Crippen LogP contribution < -0.4 is 0 Å². The summed E-state index contributed by atoms with van der Waals surface area (Å²) in [6.07, 6.45) is 2.06. The number of alkyl halides is 3. The van der Waals surface area contributed by atoms with Gasteiger partial charge in [0.25, 0.3) is 5.92 Å². The van der Waals surface area contributed by atoms with Gasteiger partial charge in [0.1, 0.15) is 0 Å². The van der Waals surface area contributed by atoms with Crippen molar-refractivity contribution in [2.75, 3.05) is 4.43 Å². The summed E-state index contributed by atoms with van der Waals surface area (Å²) >= 11 is 2.24. The number of hydrogen-bond donors (Lipinski definition) is 0. The van der Waals surface area contributed by atoms with Crippen LogP contribution in [0.25, 0.3) is 0 Å². The van der Waals surface area contributed by atoms with Crippen molar-refractivity contribution < 1.29 is 8.78 Å². The minimum atomic E-state index is -2.55. The van der Waals surface area contributed by atoms with E-state index in [1.165, 1.54) is 0 Å². The fourth-order valence-electron chi connectivity index (χ4n) is 1.73. The monoisotopic (exact) mass is 318 g/mol. The Morgan fingerprint density at radius 2 is 1.79 bits per heavy atom. The van der Waals surface area contributed by atoms with Crippen LogP contribution in [0.4, 0.5) is 8.78 Å². The number of halogens is 3. The van der Waals surface area contributed by atoms with E-state index < -0.39 is 17.3 Å². The number of hydrogen-bond acceptors (Lipinski definition) is 0. The highest BCUT2D eigenvalue weighted by atomic mass is 127. The first-order chi connectivity index (χ1) is 6.31. The fourth-order valence-corrected chi connectivity index (χ4v) is 2.11. The quantitative estimate of drug-likeness (QED) is 0.482. The van der Waals surface area contributed by atoms with Gasteiger partial charge in [-0.05, 0) is 23.7 Å². The third kappa shape index (κ3) is 3.04. The minimum absolute atomic E-state index is 0.550. The highest BCUT2D eigenvalue weighted by Crippen LogP contribution is 2.47. The lowest BCUT2D eigenvalue weighted by Crippen LogP contribution is -2.42. The van der Waals surface area contributed by atoms with Gasteiger partial charge in [-0.1, -0.05) is 50.3 Å². The predicted molar refractivity (Wildman–Crippen MR) is 66.3 cm³/mol. The molecule has 0 aromatic carbocycles. The molecule has 0 N–H and O–H groups in total. The van der Waals surface area contributed by atoms with Gasteiger partial charge in [0.15, 0.2) is 0 Å². The van der Waals surface area contributed by atoms with Crippen LogP contribution in [0, 0.1) is 11.3 Å². The second-order valence-corrected chi connectivity index (χ2v) is 5.56. The first kappa shape index (κ1) is 14.6. The molecule has 0 aromatic heterocycles. The maximum absolute atomic E-state index is 13.9. The zero-order valence-electron chi connectivity index (χ0n) is 9.54. The Kier molecular flexibility index (Phi) is 5.85. The average molecular weight is 318 g/mol. The summed E-state index contributed by atoms with van der Waals surface area (Å²) in [6, 6.07) is 0. The maximum atomic E-state index is 13.9. The molecule has 0 aliphatic heterocycles. The van der Waals surface area contributed by atoms with Gasteiger partial charge in [-0.25, -0.2) is 8.78 Å². The Morgan fingerprint density at radius 1 is 1.29 bits per heavy atom. The van der Waals surface area contributed by atoms with Crippen LogP contribution in [0.1, 0.15) is 47.0 Å². The Labute approximate surface area is 100.0 Å². The zero-order chi connectivity index (χ0) is 11.4. The molecule has 0 saturated heterocycles. The molecular formula is C11H21F2I. The van der Waals surface area contributed by atoms with Gasteiger partial charge in [-0.2, -0.15) is 0 Å². The summed E-state index contributed by atoms with van der Waals surface area (Å²) in [6.45, 7) is 6.80. The molecule has 0 nitrogen and oxygen atoms in total.